The molecule has 60 valence electrons. The molecule has 0 heteroatoms. The lowest BCUT2D eigenvalue weighted by molar-refractivity contribution is 1.02. The fourth-order valence-electron chi connectivity index (χ4n) is 1.41. The van der Waals surface area contributed by atoms with Gasteiger partial charge in [0.25, 0.3) is 0 Å². The first kappa shape index (κ1) is 7.35. The highest BCUT2D eigenvalue weighted by Crippen LogP contribution is 2.15. The van der Waals surface area contributed by atoms with Gasteiger partial charge in [-0.25, -0.2) is 0 Å². The van der Waals surface area contributed by atoms with E-state index in [9.17, 15) is 0 Å². The van der Waals surface area contributed by atoms with Crippen molar-refractivity contribution in [3.8, 4) is 0 Å². The van der Waals surface area contributed by atoms with Crippen LogP contribution in [0.5, 0.6) is 0 Å². The first-order valence-electron chi connectivity index (χ1n) is 4.33. The Morgan fingerprint density at radius 3 is 1.25 bits per heavy atom. The highest BCUT2D eigenvalue weighted by atomic mass is 14.1. The standard InChI is InChI=1S/C12H12/c1-2-6-11(5-1)9-10-12-7-3-4-8-12/h1-12H. The van der Waals surface area contributed by atoms with Crippen molar-refractivity contribution in [3.05, 3.63) is 60.8 Å². The number of allylic oxidation sites excluding steroid dienone is 10. The molecular formula is C12H12. The van der Waals surface area contributed by atoms with Gasteiger partial charge in [0, 0.05) is 11.8 Å². The summed E-state index contributed by atoms with van der Waals surface area (Å²) in [5.74, 6) is 1.04. The third-order valence-electron chi connectivity index (χ3n) is 2.11. The summed E-state index contributed by atoms with van der Waals surface area (Å²) in [4.78, 5) is 0. The van der Waals surface area contributed by atoms with E-state index in [0.717, 1.165) is 0 Å². The summed E-state index contributed by atoms with van der Waals surface area (Å²) in [5.41, 5.74) is 0. The lowest BCUT2D eigenvalue weighted by Crippen LogP contribution is -1.85. The maximum absolute atomic E-state index is 2.24. The molecule has 0 aromatic rings. The Morgan fingerprint density at radius 2 is 0.917 bits per heavy atom. The maximum Gasteiger partial charge on any atom is 0.0134 e. The molecule has 0 aromatic carbocycles. The minimum absolute atomic E-state index is 0.521. The van der Waals surface area contributed by atoms with Crippen LogP contribution in [0.3, 0.4) is 0 Å². The van der Waals surface area contributed by atoms with Crippen LogP contribution in [0.4, 0.5) is 0 Å². The van der Waals surface area contributed by atoms with Gasteiger partial charge in [-0.3, -0.25) is 0 Å². The lowest BCUT2D eigenvalue weighted by Gasteiger charge is -1.98. The normalized spacial score (nSPS) is 22.3. The second-order valence-corrected chi connectivity index (χ2v) is 3.08. The van der Waals surface area contributed by atoms with Crippen molar-refractivity contribution in [2.45, 2.75) is 0 Å². The van der Waals surface area contributed by atoms with Gasteiger partial charge in [0.1, 0.15) is 0 Å². The summed E-state index contributed by atoms with van der Waals surface area (Å²) in [7, 11) is 0. The smallest absolute Gasteiger partial charge is 0.0134 e. The van der Waals surface area contributed by atoms with E-state index < -0.39 is 0 Å². The third kappa shape index (κ3) is 1.65. The molecule has 0 N–H and O–H groups in total. The molecule has 2 rings (SSSR count). The second kappa shape index (κ2) is 3.40. The molecule has 0 unspecified atom stereocenters. The maximum atomic E-state index is 2.24. The predicted octanol–water partition coefficient (Wildman–Crippen LogP) is 3.03. The summed E-state index contributed by atoms with van der Waals surface area (Å²) < 4.78 is 0. The van der Waals surface area contributed by atoms with Gasteiger partial charge in [0.2, 0.25) is 0 Å². The van der Waals surface area contributed by atoms with Gasteiger partial charge in [-0.05, 0) is 0 Å². The fraction of sp³-hybridized carbons (Fsp3) is 0.167. The van der Waals surface area contributed by atoms with E-state index >= 15 is 0 Å². The lowest BCUT2D eigenvalue weighted by atomic mass is 10.1. The summed E-state index contributed by atoms with van der Waals surface area (Å²) in [6.45, 7) is 0. The molecule has 2 aliphatic rings. The average Bonchev–Trinajstić information content (AvgIpc) is 2.74. The molecule has 2 aliphatic carbocycles. The van der Waals surface area contributed by atoms with Crippen LogP contribution >= 0.6 is 0 Å². The van der Waals surface area contributed by atoms with Gasteiger partial charge in [-0.2, -0.15) is 0 Å². The van der Waals surface area contributed by atoms with Crippen molar-refractivity contribution in [1.82, 2.24) is 0 Å². The van der Waals surface area contributed by atoms with Crippen LogP contribution in [0.25, 0.3) is 0 Å². The quantitative estimate of drug-likeness (QED) is 0.539. The molecule has 12 heavy (non-hydrogen) atoms. The Morgan fingerprint density at radius 1 is 0.583 bits per heavy atom. The van der Waals surface area contributed by atoms with Crippen LogP contribution < -0.4 is 0 Å². The Labute approximate surface area is 73.3 Å². The SMILES string of the molecule is C1=CC(C=CC2C=CC=C2)C=C1. The zero-order valence-corrected chi connectivity index (χ0v) is 6.93. The van der Waals surface area contributed by atoms with Crippen LogP contribution in [0.2, 0.25) is 0 Å². The summed E-state index contributed by atoms with van der Waals surface area (Å²) in [6, 6.07) is 0. The molecule has 0 aromatic heterocycles. The van der Waals surface area contributed by atoms with Crippen LogP contribution in [-0.2, 0) is 0 Å². The van der Waals surface area contributed by atoms with Gasteiger partial charge in [-0.15, -0.1) is 0 Å². The van der Waals surface area contributed by atoms with Crippen LogP contribution in [0, 0.1) is 11.8 Å². The molecule has 0 spiro atoms. The highest BCUT2D eigenvalue weighted by Gasteiger charge is 2.00. The van der Waals surface area contributed by atoms with E-state index in [1.807, 2.05) is 0 Å². The number of hydrogen-bond acceptors (Lipinski definition) is 0. The minimum Gasteiger partial charge on any atom is -0.0769 e. The molecule has 0 saturated heterocycles. The average molecular weight is 156 g/mol. The Kier molecular flexibility index (Phi) is 2.08. The highest BCUT2D eigenvalue weighted by molar-refractivity contribution is 5.27. The molecule has 0 radical (unpaired) electrons. The van der Waals surface area contributed by atoms with E-state index in [1.54, 1.807) is 0 Å². The van der Waals surface area contributed by atoms with Gasteiger partial charge < -0.3 is 0 Å². The van der Waals surface area contributed by atoms with Crippen molar-refractivity contribution < 1.29 is 0 Å². The first-order chi connectivity index (χ1) is 5.95. The fourth-order valence-corrected chi connectivity index (χ4v) is 1.41. The topological polar surface area (TPSA) is 0 Å². The molecular weight excluding hydrogens is 144 g/mol. The molecule has 0 atom stereocenters. The van der Waals surface area contributed by atoms with Gasteiger partial charge in [0.05, 0.1) is 0 Å². The molecule has 0 saturated carbocycles. The number of rotatable bonds is 2. The van der Waals surface area contributed by atoms with Crippen molar-refractivity contribution in [3.63, 3.8) is 0 Å². The van der Waals surface area contributed by atoms with Crippen molar-refractivity contribution >= 4 is 0 Å². The van der Waals surface area contributed by atoms with Crippen molar-refractivity contribution in [1.29, 1.82) is 0 Å². The van der Waals surface area contributed by atoms with Gasteiger partial charge in [-0.1, -0.05) is 60.8 Å². The van der Waals surface area contributed by atoms with Crippen LogP contribution in [0.15, 0.2) is 60.8 Å². The van der Waals surface area contributed by atoms with E-state index in [-0.39, 0.29) is 0 Å². The largest absolute Gasteiger partial charge is 0.0769 e. The van der Waals surface area contributed by atoms with Crippen LogP contribution in [0.1, 0.15) is 0 Å². The van der Waals surface area contributed by atoms with Gasteiger partial charge >= 0.3 is 0 Å². The Balaban J connectivity index is 1.93. The third-order valence-corrected chi connectivity index (χ3v) is 2.11. The van der Waals surface area contributed by atoms with Gasteiger partial charge in [0.15, 0.2) is 0 Å². The summed E-state index contributed by atoms with van der Waals surface area (Å²) in [6.07, 6.45) is 21.6. The van der Waals surface area contributed by atoms with E-state index in [4.69, 9.17) is 0 Å². The van der Waals surface area contributed by atoms with E-state index in [2.05, 4.69) is 60.8 Å². The summed E-state index contributed by atoms with van der Waals surface area (Å²) >= 11 is 0. The predicted molar refractivity (Wildman–Crippen MR) is 52.7 cm³/mol. The van der Waals surface area contributed by atoms with Crippen molar-refractivity contribution in [2.24, 2.45) is 11.8 Å². The molecule has 0 bridgehead atoms. The molecule has 0 heterocycles. The Bertz CT molecular complexity index is 233. The second-order valence-electron chi connectivity index (χ2n) is 3.08. The Hall–Kier alpha value is -1.30. The monoisotopic (exact) mass is 156 g/mol. The van der Waals surface area contributed by atoms with E-state index in [0.29, 0.717) is 11.8 Å². The first-order valence-corrected chi connectivity index (χ1v) is 4.33. The molecule has 0 nitrogen and oxygen atoms in total. The minimum atomic E-state index is 0.521. The zero-order valence-electron chi connectivity index (χ0n) is 6.93. The molecule has 0 fully saturated rings. The number of hydrogen-bond donors (Lipinski definition) is 0. The van der Waals surface area contributed by atoms with Crippen LogP contribution in [-0.4, -0.2) is 0 Å². The zero-order chi connectivity index (χ0) is 8.23. The summed E-state index contributed by atoms with van der Waals surface area (Å²) in [5, 5.41) is 0. The molecule has 0 aliphatic heterocycles. The van der Waals surface area contributed by atoms with Crippen molar-refractivity contribution in [2.75, 3.05) is 0 Å². The van der Waals surface area contributed by atoms with E-state index in [1.165, 1.54) is 0 Å². The molecule has 0 amide bonds.